The van der Waals surface area contributed by atoms with Crippen LogP contribution in [0.25, 0.3) is 22.1 Å². The molecule has 208 valence electrons. The molecule has 2 amide bonds. The summed E-state index contributed by atoms with van der Waals surface area (Å²) in [4.78, 5) is 33.8. The maximum Gasteiger partial charge on any atom is 0.323 e. The van der Waals surface area contributed by atoms with E-state index in [-0.39, 0.29) is 6.03 Å². The monoisotopic (exact) mass is 561 g/mol. The molecule has 2 aliphatic rings. The Balaban J connectivity index is 1.22. The third-order valence-corrected chi connectivity index (χ3v) is 7.71. The fourth-order valence-electron chi connectivity index (χ4n) is 4.55. The number of carbonyl (C=O) groups excluding carboxylic acids is 1. The van der Waals surface area contributed by atoms with Gasteiger partial charge in [-0.15, -0.1) is 11.3 Å². The number of nitrogens with one attached hydrogen (secondary N) is 2. The van der Waals surface area contributed by atoms with Crippen LogP contribution in [0.1, 0.15) is 4.88 Å². The van der Waals surface area contributed by atoms with Crippen molar-refractivity contribution in [3.8, 4) is 22.1 Å². The number of anilines is 3. The molecular weight excluding hydrogens is 530 g/mol. The number of aryl methyl sites for hydroxylation is 1. The van der Waals surface area contributed by atoms with Crippen LogP contribution < -0.4 is 15.5 Å². The van der Waals surface area contributed by atoms with Crippen LogP contribution in [0, 0.1) is 0 Å². The van der Waals surface area contributed by atoms with Gasteiger partial charge < -0.3 is 25.0 Å². The Morgan fingerprint density at radius 2 is 1.57 bits per heavy atom. The van der Waals surface area contributed by atoms with E-state index in [0.717, 1.165) is 56.4 Å². The van der Waals surface area contributed by atoms with E-state index >= 15 is 0 Å². The molecule has 0 atom stereocenters. The summed E-state index contributed by atoms with van der Waals surface area (Å²) in [5.74, 6) is 1.88. The zero-order valence-electron chi connectivity index (χ0n) is 22.2. The first-order valence-corrected chi connectivity index (χ1v) is 14.1. The third-order valence-electron chi connectivity index (χ3n) is 6.65. The Morgan fingerprint density at radius 3 is 2.30 bits per heavy atom. The first-order valence-electron chi connectivity index (χ1n) is 13.2. The highest BCUT2D eigenvalue weighted by molar-refractivity contribution is 7.15. The molecule has 3 aromatic heterocycles. The number of benzene rings is 1. The van der Waals surface area contributed by atoms with E-state index in [0.29, 0.717) is 42.2 Å². The van der Waals surface area contributed by atoms with E-state index in [1.807, 2.05) is 24.3 Å². The molecule has 2 saturated heterocycles. The number of nitrogens with zero attached hydrogens (tertiary/aromatic N) is 7. The second-order valence-corrected chi connectivity index (χ2v) is 10.8. The molecule has 0 unspecified atom stereocenters. The molecule has 0 bridgehead atoms. The van der Waals surface area contributed by atoms with E-state index in [9.17, 15) is 4.79 Å². The number of carbonyl (C=O) groups is 1. The summed E-state index contributed by atoms with van der Waals surface area (Å²) < 4.78 is 12.6. The standard InChI is InChI=1S/C27H31N9O3S/c1-34-17-21(16-28-34)30-27(37)29-20-4-2-19(3-5-20)24-31-25(33-26(32-24)36-10-14-39-15-11-36)23-7-6-22(40-23)18-35-8-12-38-13-9-35/h2-7,16-17H,8-15,18H2,1H3,(H2,29,30,37). The topological polar surface area (TPSA) is 123 Å². The highest BCUT2D eigenvalue weighted by Gasteiger charge is 2.20. The molecule has 13 heteroatoms. The van der Waals surface area contributed by atoms with E-state index < -0.39 is 0 Å². The first-order chi connectivity index (χ1) is 19.6. The average molecular weight is 562 g/mol. The Bertz CT molecular complexity index is 1440. The van der Waals surface area contributed by atoms with E-state index in [2.05, 4.69) is 37.7 Å². The molecule has 0 saturated carbocycles. The molecule has 12 nitrogen and oxygen atoms in total. The van der Waals surface area contributed by atoms with Crippen molar-refractivity contribution in [2.24, 2.45) is 7.05 Å². The van der Waals surface area contributed by atoms with Crippen molar-refractivity contribution in [1.29, 1.82) is 0 Å². The predicted molar refractivity (Wildman–Crippen MR) is 154 cm³/mol. The van der Waals surface area contributed by atoms with Gasteiger partial charge in [-0.2, -0.15) is 15.1 Å². The number of rotatable bonds is 7. The van der Waals surface area contributed by atoms with Crippen molar-refractivity contribution < 1.29 is 14.3 Å². The van der Waals surface area contributed by atoms with Gasteiger partial charge in [0.2, 0.25) is 5.95 Å². The molecule has 4 aromatic rings. The number of morpholine rings is 2. The van der Waals surface area contributed by atoms with Crippen molar-refractivity contribution in [2.75, 3.05) is 68.1 Å². The molecule has 6 rings (SSSR count). The van der Waals surface area contributed by atoms with Crippen molar-refractivity contribution in [2.45, 2.75) is 6.54 Å². The summed E-state index contributed by atoms with van der Waals surface area (Å²) in [6.07, 6.45) is 3.32. The quantitative estimate of drug-likeness (QED) is 0.350. The Labute approximate surface area is 236 Å². The number of hydrogen-bond donors (Lipinski definition) is 2. The lowest BCUT2D eigenvalue weighted by Gasteiger charge is -2.27. The third kappa shape index (κ3) is 6.45. The maximum atomic E-state index is 12.4. The highest BCUT2D eigenvalue weighted by Crippen LogP contribution is 2.30. The molecular formula is C27H31N9O3S. The lowest BCUT2D eigenvalue weighted by molar-refractivity contribution is 0.0346. The second kappa shape index (κ2) is 12.1. The molecule has 40 heavy (non-hydrogen) atoms. The molecule has 2 fully saturated rings. The zero-order chi connectivity index (χ0) is 27.3. The van der Waals surface area contributed by atoms with Gasteiger partial charge in [0.15, 0.2) is 11.6 Å². The number of aromatic nitrogens is 5. The van der Waals surface area contributed by atoms with Crippen LogP contribution in [0.5, 0.6) is 0 Å². The van der Waals surface area contributed by atoms with Gasteiger partial charge in [-0.05, 0) is 36.4 Å². The number of amides is 2. The first kappa shape index (κ1) is 26.3. The smallest absolute Gasteiger partial charge is 0.323 e. The normalized spacial score (nSPS) is 16.2. The van der Waals surface area contributed by atoms with Crippen molar-refractivity contribution in [1.82, 2.24) is 29.6 Å². The number of ether oxygens (including phenoxy) is 2. The van der Waals surface area contributed by atoms with Crippen LogP contribution >= 0.6 is 11.3 Å². The van der Waals surface area contributed by atoms with Crippen LogP contribution in [0.2, 0.25) is 0 Å². The maximum absolute atomic E-state index is 12.4. The predicted octanol–water partition coefficient (Wildman–Crippen LogP) is 3.31. The molecule has 1 aromatic carbocycles. The average Bonchev–Trinajstić information content (AvgIpc) is 3.62. The van der Waals surface area contributed by atoms with Crippen LogP contribution in [0.4, 0.5) is 22.1 Å². The van der Waals surface area contributed by atoms with Gasteiger partial charge in [-0.1, -0.05) is 0 Å². The molecule has 2 aliphatic heterocycles. The lowest BCUT2D eigenvalue weighted by atomic mass is 10.2. The molecule has 5 heterocycles. The van der Waals surface area contributed by atoms with Crippen molar-refractivity contribution in [3.63, 3.8) is 0 Å². The van der Waals surface area contributed by atoms with Crippen LogP contribution in [0.3, 0.4) is 0 Å². The number of hydrogen-bond acceptors (Lipinski definition) is 10. The van der Waals surface area contributed by atoms with Gasteiger partial charge in [-0.3, -0.25) is 9.58 Å². The largest absolute Gasteiger partial charge is 0.379 e. The van der Waals surface area contributed by atoms with Gasteiger partial charge in [0.05, 0.1) is 43.2 Å². The van der Waals surface area contributed by atoms with Crippen molar-refractivity contribution >= 4 is 34.7 Å². The highest BCUT2D eigenvalue weighted by atomic mass is 32.1. The van der Waals surface area contributed by atoms with Gasteiger partial charge in [0.1, 0.15) is 0 Å². The van der Waals surface area contributed by atoms with Crippen LogP contribution in [-0.4, -0.2) is 88.3 Å². The summed E-state index contributed by atoms with van der Waals surface area (Å²) in [7, 11) is 1.79. The molecule has 2 N–H and O–H groups in total. The van der Waals surface area contributed by atoms with Crippen molar-refractivity contribution in [3.05, 3.63) is 53.7 Å². The Kier molecular flexibility index (Phi) is 7.95. The second-order valence-electron chi connectivity index (χ2n) is 9.60. The molecule has 0 radical (unpaired) electrons. The van der Waals surface area contributed by atoms with E-state index in [1.165, 1.54) is 4.88 Å². The van der Waals surface area contributed by atoms with E-state index in [4.69, 9.17) is 24.4 Å². The summed E-state index contributed by atoms with van der Waals surface area (Å²) in [5.41, 5.74) is 2.10. The fraction of sp³-hybridized carbons (Fsp3) is 0.370. The summed E-state index contributed by atoms with van der Waals surface area (Å²) >= 11 is 1.71. The van der Waals surface area contributed by atoms with Crippen LogP contribution in [-0.2, 0) is 23.1 Å². The molecule has 0 spiro atoms. The summed E-state index contributed by atoms with van der Waals surface area (Å²) in [6.45, 7) is 7.07. The SMILES string of the molecule is Cn1cc(NC(=O)Nc2ccc(-c3nc(-c4ccc(CN5CCOCC5)s4)nc(N4CCOCC4)n3)cc2)cn1. The summed E-state index contributed by atoms with van der Waals surface area (Å²) in [5, 5.41) is 9.66. The van der Waals surface area contributed by atoms with E-state index in [1.54, 1.807) is 35.5 Å². The number of urea groups is 1. The lowest BCUT2D eigenvalue weighted by Crippen LogP contribution is -2.37. The minimum Gasteiger partial charge on any atom is -0.379 e. The van der Waals surface area contributed by atoms with Gasteiger partial charge in [-0.25, -0.2) is 9.78 Å². The van der Waals surface area contributed by atoms with Gasteiger partial charge >= 0.3 is 6.03 Å². The van der Waals surface area contributed by atoms with Gasteiger partial charge in [0.25, 0.3) is 0 Å². The number of thiophene rings is 1. The molecule has 0 aliphatic carbocycles. The Hall–Kier alpha value is -3.91. The summed E-state index contributed by atoms with van der Waals surface area (Å²) in [6, 6.07) is 11.4. The van der Waals surface area contributed by atoms with Crippen LogP contribution in [0.15, 0.2) is 48.8 Å². The minimum atomic E-state index is -0.344. The van der Waals surface area contributed by atoms with Gasteiger partial charge in [0, 0.05) is 62.1 Å². The fourth-order valence-corrected chi connectivity index (χ4v) is 5.54. The Morgan fingerprint density at radius 1 is 0.875 bits per heavy atom. The minimum absolute atomic E-state index is 0.344. The zero-order valence-corrected chi connectivity index (χ0v) is 23.1.